The van der Waals surface area contributed by atoms with Crippen LogP contribution in [-0.4, -0.2) is 37.2 Å². The number of aliphatic hydroxyl groups excluding tert-OH is 1. The molecule has 1 aromatic heterocycles. The van der Waals surface area contributed by atoms with Crippen LogP contribution in [0.3, 0.4) is 0 Å². The summed E-state index contributed by atoms with van der Waals surface area (Å²) in [5.74, 6) is -1.17. The maximum Gasteiger partial charge on any atom is 0.345 e. The monoisotopic (exact) mass is 371 g/mol. The Morgan fingerprint density at radius 2 is 2.21 bits per heavy atom. The second-order valence-electron chi connectivity index (χ2n) is 3.94. The number of aliphatic hydroxyl groups is 1. The summed E-state index contributed by atoms with van der Waals surface area (Å²) in [7, 11) is -3.73. The minimum atomic E-state index is -3.73. The number of nitrogens with one attached hydrogen (secondary N) is 1. The maximum atomic E-state index is 11.9. The first-order chi connectivity index (χ1) is 8.74. The second kappa shape index (κ2) is 6.80. The van der Waals surface area contributed by atoms with Crippen LogP contribution < -0.4 is 4.72 Å². The first-order valence-corrected chi connectivity index (χ1v) is 8.53. The number of hydrogen-bond acceptors (Lipinski definition) is 5. The van der Waals surface area contributed by atoms with E-state index in [0.29, 0.717) is 12.8 Å². The van der Waals surface area contributed by atoms with E-state index >= 15 is 0 Å². The Bertz CT molecular complexity index is 552. The van der Waals surface area contributed by atoms with Crippen molar-refractivity contribution in [3.63, 3.8) is 0 Å². The SMILES string of the molecule is CC(O)CCCNS(=O)(=O)c1cc(C(=O)O)sc1Br. The third-order valence-electron chi connectivity index (χ3n) is 2.25. The van der Waals surface area contributed by atoms with Gasteiger partial charge < -0.3 is 10.2 Å². The molecule has 0 amide bonds. The van der Waals surface area contributed by atoms with E-state index in [1.807, 2.05) is 0 Å². The topological polar surface area (TPSA) is 104 Å². The highest BCUT2D eigenvalue weighted by atomic mass is 79.9. The molecule has 0 aliphatic carbocycles. The Balaban J connectivity index is 2.75. The van der Waals surface area contributed by atoms with E-state index in [1.54, 1.807) is 6.92 Å². The second-order valence-corrected chi connectivity index (χ2v) is 8.05. The fourth-order valence-corrected chi connectivity index (χ4v) is 4.80. The number of thiophene rings is 1. The lowest BCUT2D eigenvalue weighted by atomic mass is 10.2. The first kappa shape index (κ1) is 16.6. The van der Waals surface area contributed by atoms with Gasteiger partial charge in [-0.1, -0.05) is 0 Å². The predicted octanol–water partition coefficient (Wildman–Crippen LogP) is 1.65. The molecule has 0 aliphatic rings. The van der Waals surface area contributed by atoms with Crippen molar-refractivity contribution in [2.24, 2.45) is 0 Å². The van der Waals surface area contributed by atoms with Gasteiger partial charge in [0.05, 0.1) is 9.89 Å². The van der Waals surface area contributed by atoms with Gasteiger partial charge in [-0.15, -0.1) is 11.3 Å². The Labute approximate surface area is 123 Å². The number of carboxylic acid groups (broad SMARTS) is 1. The Morgan fingerprint density at radius 3 is 2.68 bits per heavy atom. The smallest absolute Gasteiger partial charge is 0.345 e. The number of aromatic carboxylic acids is 1. The number of hydrogen-bond donors (Lipinski definition) is 3. The predicted molar refractivity (Wildman–Crippen MR) is 75.1 cm³/mol. The zero-order valence-corrected chi connectivity index (χ0v) is 13.3. The molecule has 0 fully saturated rings. The summed E-state index contributed by atoms with van der Waals surface area (Å²) in [6, 6.07) is 1.12. The van der Waals surface area contributed by atoms with Gasteiger partial charge in [0, 0.05) is 6.54 Å². The number of rotatable bonds is 7. The van der Waals surface area contributed by atoms with Crippen molar-refractivity contribution < 1.29 is 23.4 Å². The standard InChI is InChI=1S/C10H14BrNO5S2/c1-6(13)3-2-4-12-19(16,17)8-5-7(10(14)15)18-9(8)11/h5-6,12-13H,2-4H2,1H3,(H,14,15). The van der Waals surface area contributed by atoms with Crippen LogP contribution in [0.15, 0.2) is 14.7 Å². The van der Waals surface area contributed by atoms with E-state index in [9.17, 15) is 13.2 Å². The average molecular weight is 372 g/mol. The summed E-state index contributed by atoms with van der Waals surface area (Å²) in [5.41, 5.74) is 0. The first-order valence-electron chi connectivity index (χ1n) is 5.44. The fourth-order valence-electron chi connectivity index (χ4n) is 1.32. The van der Waals surface area contributed by atoms with Crippen LogP contribution in [0.1, 0.15) is 29.4 Å². The Morgan fingerprint density at radius 1 is 1.58 bits per heavy atom. The molecule has 0 aliphatic heterocycles. The highest BCUT2D eigenvalue weighted by Crippen LogP contribution is 2.31. The van der Waals surface area contributed by atoms with Gasteiger partial charge in [0.15, 0.2) is 0 Å². The van der Waals surface area contributed by atoms with Crippen molar-refractivity contribution in [2.45, 2.75) is 30.8 Å². The molecule has 1 atom stereocenters. The van der Waals surface area contributed by atoms with E-state index < -0.39 is 22.1 Å². The van der Waals surface area contributed by atoms with E-state index in [2.05, 4.69) is 20.7 Å². The minimum Gasteiger partial charge on any atom is -0.477 e. The van der Waals surface area contributed by atoms with Crippen LogP contribution in [0.5, 0.6) is 0 Å². The molecule has 0 bridgehead atoms. The van der Waals surface area contributed by atoms with E-state index in [1.165, 1.54) is 0 Å². The van der Waals surface area contributed by atoms with Crippen LogP contribution in [0.4, 0.5) is 0 Å². The van der Waals surface area contributed by atoms with Crippen molar-refractivity contribution in [3.05, 3.63) is 14.7 Å². The molecule has 9 heteroatoms. The van der Waals surface area contributed by atoms with Crippen molar-refractivity contribution >= 4 is 43.3 Å². The summed E-state index contributed by atoms with van der Waals surface area (Å²) >= 11 is 3.90. The van der Waals surface area contributed by atoms with Crippen LogP contribution in [0.25, 0.3) is 0 Å². The van der Waals surface area contributed by atoms with E-state index in [4.69, 9.17) is 10.2 Å². The zero-order chi connectivity index (χ0) is 14.6. The molecule has 0 saturated heterocycles. The number of carbonyl (C=O) groups is 1. The lowest BCUT2D eigenvalue weighted by Gasteiger charge is -2.06. The van der Waals surface area contributed by atoms with E-state index in [0.717, 1.165) is 17.4 Å². The molecular formula is C10H14BrNO5S2. The molecule has 0 saturated carbocycles. The number of carboxylic acids is 1. The largest absolute Gasteiger partial charge is 0.477 e. The lowest BCUT2D eigenvalue weighted by molar-refractivity contribution is 0.0702. The van der Waals surface area contributed by atoms with Crippen LogP contribution >= 0.6 is 27.3 Å². The Kier molecular flexibility index (Phi) is 5.93. The molecule has 1 aromatic rings. The van der Waals surface area contributed by atoms with E-state index in [-0.39, 0.29) is 20.1 Å². The van der Waals surface area contributed by atoms with Crippen molar-refractivity contribution in [3.8, 4) is 0 Å². The van der Waals surface area contributed by atoms with Gasteiger partial charge in [0.2, 0.25) is 10.0 Å². The van der Waals surface area contributed by atoms with Gasteiger partial charge in [-0.25, -0.2) is 17.9 Å². The molecule has 3 N–H and O–H groups in total. The van der Waals surface area contributed by atoms with Gasteiger partial charge in [-0.2, -0.15) is 0 Å². The highest BCUT2D eigenvalue weighted by Gasteiger charge is 2.22. The summed E-state index contributed by atoms with van der Waals surface area (Å²) in [6.07, 6.45) is 0.522. The quantitative estimate of drug-likeness (QED) is 0.632. The summed E-state index contributed by atoms with van der Waals surface area (Å²) < 4.78 is 26.5. The molecule has 1 unspecified atom stereocenters. The molecule has 0 spiro atoms. The molecular weight excluding hydrogens is 358 g/mol. The Hall–Kier alpha value is -0.480. The van der Waals surface area contributed by atoms with Gasteiger partial charge in [-0.3, -0.25) is 0 Å². The third kappa shape index (κ3) is 4.84. The molecule has 0 radical (unpaired) electrons. The summed E-state index contributed by atoms with van der Waals surface area (Å²) in [6.45, 7) is 1.82. The lowest BCUT2D eigenvalue weighted by Crippen LogP contribution is -2.25. The van der Waals surface area contributed by atoms with Crippen LogP contribution in [0.2, 0.25) is 0 Å². The zero-order valence-electron chi connectivity index (χ0n) is 10.1. The number of sulfonamides is 1. The fraction of sp³-hybridized carbons (Fsp3) is 0.500. The third-order valence-corrected chi connectivity index (χ3v) is 5.95. The summed E-state index contributed by atoms with van der Waals surface area (Å²) in [5, 5.41) is 17.9. The van der Waals surface area contributed by atoms with Gasteiger partial charge in [-0.05, 0) is 41.8 Å². The number of halogens is 1. The average Bonchev–Trinajstić information content (AvgIpc) is 2.67. The molecule has 1 rings (SSSR count). The molecule has 19 heavy (non-hydrogen) atoms. The van der Waals surface area contributed by atoms with Crippen LogP contribution in [0, 0.1) is 0 Å². The van der Waals surface area contributed by atoms with Gasteiger partial charge in [0.1, 0.15) is 9.77 Å². The molecule has 1 heterocycles. The molecule has 6 nitrogen and oxygen atoms in total. The van der Waals surface area contributed by atoms with Crippen molar-refractivity contribution in [1.29, 1.82) is 0 Å². The summed E-state index contributed by atoms with van der Waals surface area (Å²) in [4.78, 5) is 10.7. The highest BCUT2D eigenvalue weighted by molar-refractivity contribution is 9.11. The van der Waals surface area contributed by atoms with Crippen molar-refractivity contribution in [2.75, 3.05) is 6.54 Å². The van der Waals surface area contributed by atoms with Crippen molar-refractivity contribution in [1.82, 2.24) is 4.72 Å². The minimum absolute atomic E-state index is 0.0452. The molecule has 0 aromatic carbocycles. The normalized spacial score (nSPS) is 13.4. The van der Waals surface area contributed by atoms with Gasteiger partial charge >= 0.3 is 5.97 Å². The van der Waals surface area contributed by atoms with Gasteiger partial charge in [0.25, 0.3) is 0 Å². The maximum absolute atomic E-state index is 11.9. The van der Waals surface area contributed by atoms with Crippen LogP contribution in [-0.2, 0) is 10.0 Å². The molecule has 108 valence electrons.